The molecule has 1 heterocycles. The highest BCUT2D eigenvalue weighted by Gasteiger charge is 2.29. The second-order valence-electron chi connectivity index (χ2n) is 8.25. The molecule has 7 heteroatoms. The van der Waals surface area contributed by atoms with Gasteiger partial charge in [0.05, 0.1) is 4.90 Å². The predicted molar refractivity (Wildman–Crippen MR) is 119 cm³/mol. The normalized spacial score (nSPS) is 16.0. The van der Waals surface area contributed by atoms with E-state index in [4.69, 9.17) is 0 Å². The van der Waals surface area contributed by atoms with Crippen LogP contribution >= 0.6 is 0 Å². The molecule has 1 saturated heterocycles. The highest BCUT2D eigenvalue weighted by Crippen LogP contribution is 2.21. The quantitative estimate of drug-likeness (QED) is 0.735. The summed E-state index contributed by atoms with van der Waals surface area (Å²) in [6, 6.07) is 15.0. The first-order valence-electron chi connectivity index (χ1n) is 10.4. The fraction of sp³-hybridized carbons (Fsp3) is 0.435. The van der Waals surface area contributed by atoms with Crippen molar-refractivity contribution >= 4 is 15.9 Å². The molecule has 0 atom stereocenters. The average Bonchev–Trinajstić information content (AvgIpc) is 2.73. The van der Waals surface area contributed by atoms with Gasteiger partial charge < -0.3 is 5.32 Å². The number of sulfonamides is 1. The van der Waals surface area contributed by atoms with E-state index in [0.717, 1.165) is 12.1 Å². The summed E-state index contributed by atoms with van der Waals surface area (Å²) in [6.07, 6.45) is 0. The number of carbonyl (C=O) groups excluding carboxylic acids is 1. The highest BCUT2D eigenvalue weighted by atomic mass is 32.2. The van der Waals surface area contributed by atoms with Crippen LogP contribution in [-0.2, 0) is 16.6 Å². The van der Waals surface area contributed by atoms with Gasteiger partial charge in [0.15, 0.2) is 0 Å². The number of hydrogen-bond acceptors (Lipinski definition) is 4. The fourth-order valence-corrected chi connectivity index (χ4v) is 4.97. The largest absolute Gasteiger partial charge is 0.352 e. The molecule has 2 aromatic carbocycles. The van der Waals surface area contributed by atoms with Crippen LogP contribution in [0.3, 0.4) is 0 Å². The van der Waals surface area contributed by atoms with Gasteiger partial charge in [-0.15, -0.1) is 0 Å². The zero-order valence-corrected chi connectivity index (χ0v) is 18.8. The molecule has 1 aliphatic rings. The lowest BCUT2D eigenvalue weighted by molar-refractivity contribution is 0.0948. The highest BCUT2D eigenvalue weighted by molar-refractivity contribution is 7.89. The molecule has 0 unspecified atom stereocenters. The van der Waals surface area contributed by atoms with Gasteiger partial charge in [0.2, 0.25) is 10.0 Å². The van der Waals surface area contributed by atoms with Crippen LogP contribution < -0.4 is 5.32 Å². The standard InChI is InChI=1S/C23H31N3O3S/c1-18(2)16-24-23(27)22-15-21(10-9-19(22)3)30(28,29)26-13-11-25(12-14-26)17-20-7-5-4-6-8-20/h4-10,15,18H,11-14,16-17H2,1-3H3,(H,24,27). The zero-order chi connectivity index (χ0) is 21.7. The molecule has 0 radical (unpaired) electrons. The Balaban J connectivity index is 1.68. The third-order valence-electron chi connectivity index (χ3n) is 5.34. The Morgan fingerprint density at radius 3 is 2.33 bits per heavy atom. The second-order valence-corrected chi connectivity index (χ2v) is 10.2. The predicted octanol–water partition coefficient (Wildman–Crippen LogP) is 2.89. The van der Waals surface area contributed by atoms with Crippen LogP contribution in [0, 0.1) is 12.8 Å². The molecule has 0 bridgehead atoms. The smallest absolute Gasteiger partial charge is 0.251 e. The maximum atomic E-state index is 13.2. The summed E-state index contributed by atoms with van der Waals surface area (Å²) < 4.78 is 27.9. The van der Waals surface area contributed by atoms with E-state index in [1.165, 1.54) is 15.9 Å². The van der Waals surface area contributed by atoms with Crippen LogP contribution in [0.4, 0.5) is 0 Å². The maximum Gasteiger partial charge on any atom is 0.251 e. The summed E-state index contributed by atoms with van der Waals surface area (Å²) in [5.41, 5.74) is 2.41. The van der Waals surface area contributed by atoms with Crippen LogP contribution in [0.5, 0.6) is 0 Å². The van der Waals surface area contributed by atoms with E-state index in [1.54, 1.807) is 12.1 Å². The van der Waals surface area contributed by atoms with Gasteiger partial charge in [-0.3, -0.25) is 9.69 Å². The number of aryl methyl sites for hydroxylation is 1. The van der Waals surface area contributed by atoms with Crippen LogP contribution in [0.25, 0.3) is 0 Å². The van der Waals surface area contributed by atoms with Crippen LogP contribution in [0.15, 0.2) is 53.4 Å². The van der Waals surface area contributed by atoms with Gasteiger partial charge in [-0.1, -0.05) is 50.2 Å². The van der Waals surface area contributed by atoms with Crippen molar-refractivity contribution in [1.29, 1.82) is 0 Å². The number of amides is 1. The fourth-order valence-electron chi connectivity index (χ4n) is 3.52. The molecule has 1 fully saturated rings. The molecule has 0 saturated carbocycles. The Morgan fingerprint density at radius 1 is 1.03 bits per heavy atom. The van der Waals surface area contributed by atoms with Gasteiger partial charge in [0.1, 0.15) is 0 Å². The van der Waals surface area contributed by atoms with Gasteiger partial charge in [-0.25, -0.2) is 8.42 Å². The topological polar surface area (TPSA) is 69.7 Å². The molecule has 1 N–H and O–H groups in total. The first kappa shape index (κ1) is 22.5. The Labute approximate surface area is 179 Å². The number of benzene rings is 2. The van der Waals surface area contributed by atoms with Gasteiger partial charge in [0.25, 0.3) is 5.91 Å². The lowest BCUT2D eigenvalue weighted by atomic mass is 10.1. The van der Waals surface area contributed by atoms with Crippen molar-refractivity contribution in [1.82, 2.24) is 14.5 Å². The Morgan fingerprint density at radius 2 is 1.70 bits per heavy atom. The number of hydrogen-bond donors (Lipinski definition) is 1. The molecule has 162 valence electrons. The molecule has 6 nitrogen and oxygen atoms in total. The van der Waals surface area contributed by atoms with Crippen molar-refractivity contribution < 1.29 is 13.2 Å². The molecule has 0 aromatic heterocycles. The summed E-state index contributed by atoms with van der Waals surface area (Å²) in [4.78, 5) is 15.0. The summed E-state index contributed by atoms with van der Waals surface area (Å²) in [6.45, 7) is 9.48. The molecule has 0 spiro atoms. The van der Waals surface area contributed by atoms with Crippen LogP contribution in [0.2, 0.25) is 0 Å². The lowest BCUT2D eigenvalue weighted by Crippen LogP contribution is -2.48. The monoisotopic (exact) mass is 429 g/mol. The Kier molecular flexibility index (Phi) is 7.28. The third kappa shape index (κ3) is 5.47. The van der Waals surface area contributed by atoms with Crippen molar-refractivity contribution in [3.63, 3.8) is 0 Å². The number of piperazine rings is 1. The van der Waals surface area contributed by atoms with Crippen molar-refractivity contribution in [3.05, 3.63) is 65.2 Å². The molecule has 30 heavy (non-hydrogen) atoms. The molecule has 2 aromatic rings. The minimum absolute atomic E-state index is 0.180. The van der Waals surface area contributed by atoms with Crippen molar-refractivity contribution in [2.45, 2.75) is 32.2 Å². The van der Waals surface area contributed by atoms with E-state index in [-0.39, 0.29) is 10.8 Å². The van der Waals surface area contributed by atoms with Crippen molar-refractivity contribution in [2.24, 2.45) is 5.92 Å². The lowest BCUT2D eigenvalue weighted by Gasteiger charge is -2.34. The van der Waals surface area contributed by atoms with Gasteiger partial charge >= 0.3 is 0 Å². The van der Waals surface area contributed by atoms with E-state index < -0.39 is 10.0 Å². The van der Waals surface area contributed by atoms with Gasteiger partial charge in [-0.05, 0) is 36.1 Å². The Hall–Kier alpha value is -2.22. The number of nitrogens with one attached hydrogen (secondary N) is 1. The summed E-state index contributed by atoms with van der Waals surface area (Å²) >= 11 is 0. The van der Waals surface area contributed by atoms with Crippen molar-refractivity contribution in [2.75, 3.05) is 32.7 Å². The van der Waals surface area contributed by atoms with E-state index in [2.05, 4.69) is 22.3 Å². The maximum absolute atomic E-state index is 13.2. The van der Waals surface area contributed by atoms with E-state index in [9.17, 15) is 13.2 Å². The molecular formula is C23H31N3O3S. The second kappa shape index (κ2) is 9.73. The number of carbonyl (C=O) groups is 1. The summed E-state index contributed by atoms with van der Waals surface area (Å²) in [5, 5.41) is 2.87. The van der Waals surface area contributed by atoms with E-state index >= 15 is 0 Å². The molecule has 1 aliphatic heterocycles. The van der Waals surface area contributed by atoms with E-state index in [1.807, 2.05) is 39.0 Å². The minimum Gasteiger partial charge on any atom is -0.352 e. The van der Waals surface area contributed by atoms with Gasteiger partial charge in [0, 0.05) is 44.8 Å². The first-order chi connectivity index (χ1) is 14.3. The molecule has 1 amide bonds. The first-order valence-corrected chi connectivity index (χ1v) is 11.9. The Bertz CT molecular complexity index is 966. The third-order valence-corrected chi connectivity index (χ3v) is 7.24. The molecular weight excluding hydrogens is 398 g/mol. The van der Waals surface area contributed by atoms with Crippen molar-refractivity contribution in [3.8, 4) is 0 Å². The number of rotatable bonds is 7. The summed E-state index contributed by atoms with van der Waals surface area (Å²) in [5.74, 6) is 0.0966. The van der Waals surface area contributed by atoms with Crippen LogP contribution in [0.1, 0.15) is 35.3 Å². The molecule has 3 rings (SSSR count). The van der Waals surface area contributed by atoms with Gasteiger partial charge in [-0.2, -0.15) is 4.31 Å². The summed E-state index contributed by atoms with van der Waals surface area (Å²) in [7, 11) is -3.64. The average molecular weight is 430 g/mol. The van der Waals surface area contributed by atoms with E-state index in [0.29, 0.717) is 44.2 Å². The zero-order valence-electron chi connectivity index (χ0n) is 18.0. The van der Waals surface area contributed by atoms with Crippen LogP contribution in [-0.4, -0.2) is 56.3 Å². The minimum atomic E-state index is -3.64. The molecule has 0 aliphatic carbocycles. The SMILES string of the molecule is Cc1ccc(S(=O)(=O)N2CCN(Cc3ccccc3)CC2)cc1C(=O)NCC(C)C. The number of nitrogens with zero attached hydrogens (tertiary/aromatic N) is 2.